The fraction of sp³-hybridized carbons (Fsp3) is 0.267. The minimum atomic E-state index is 0.532. The Balaban J connectivity index is 1.79. The molecule has 0 saturated heterocycles. The SMILES string of the molecule is CCCc1c(N)nnn1Cc1ccc(-n2cccn2)cc1. The number of nitrogen functional groups attached to an aromatic ring is 1. The Kier molecular flexibility index (Phi) is 3.68. The third-order valence-corrected chi connectivity index (χ3v) is 3.39. The lowest BCUT2D eigenvalue weighted by molar-refractivity contribution is 0.613. The van der Waals surface area contributed by atoms with E-state index in [4.69, 9.17) is 5.73 Å². The van der Waals surface area contributed by atoms with Gasteiger partial charge in [-0.25, -0.2) is 9.36 Å². The molecule has 0 spiro atoms. The second-order valence-electron chi connectivity index (χ2n) is 4.95. The first-order chi connectivity index (χ1) is 10.3. The lowest BCUT2D eigenvalue weighted by atomic mass is 10.2. The molecule has 0 aliphatic carbocycles. The van der Waals surface area contributed by atoms with Crippen LogP contribution in [0.1, 0.15) is 24.6 Å². The molecule has 108 valence electrons. The number of nitrogens with two attached hydrogens (primary N) is 1. The van der Waals surface area contributed by atoms with E-state index < -0.39 is 0 Å². The van der Waals surface area contributed by atoms with Gasteiger partial charge in [-0.3, -0.25) is 0 Å². The summed E-state index contributed by atoms with van der Waals surface area (Å²) in [6.45, 7) is 2.80. The fourth-order valence-electron chi connectivity index (χ4n) is 2.32. The van der Waals surface area contributed by atoms with E-state index in [0.29, 0.717) is 12.4 Å². The van der Waals surface area contributed by atoms with Gasteiger partial charge in [0.2, 0.25) is 0 Å². The van der Waals surface area contributed by atoms with Gasteiger partial charge < -0.3 is 5.73 Å². The van der Waals surface area contributed by atoms with Crippen LogP contribution in [0.3, 0.4) is 0 Å². The molecule has 0 bridgehead atoms. The van der Waals surface area contributed by atoms with Crippen molar-refractivity contribution in [3.8, 4) is 5.69 Å². The minimum absolute atomic E-state index is 0.532. The lowest BCUT2D eigenvalue weighted by Gasteiger charge is -2.07. The van der Waals surface area contributed by atoms with E-state index in [9.17, 15) is 0 Å². The van der Waals surface area contributed by atoms with Crippen molar-refractivity contribution in [1.82, 2.24) is 24.8 Å². The van der Waals surface area contributed by atoms with E-state index in [-0.39, 0.29) is 0 Å². The van der Waals surface area contributed by atoms with Gasteiger partial charge in [-0.15, -0.1) is 5.10 Å². The Labute approximate surface area is 123 Å². The van der Waals surface area contributed by atoms with Crippen LogP contribution in [0.4, 0.5) is 5.82 Å². The molecule has 6 nitrogen and oxygen atoms in total. The Morgan fingerprint density at radius 2 is 2.00 bits per heavy atom. The van der Waals surface area contributed by atoms with Gasteiger partial charge in [0.15, 0.2) is 5.82 Å². The van der Waals surface area contributed by atoms with Crippen molar-refractivity contribution in [2.75, 3.05) is 5.73 Å². The molecule has 0 fully saturated rings. The third-order valence-electron chi connectivity index (χ3n) is 3.39. The van der Waals surface area contributed by atoms with Gasteiger partial charge in [0.25, 0.3) is 0 Å². The summed E-state index contributed by atoms with van der Waals surface area (Å²) in [5.41, 5.74) is 9.07. The van der Waals surface area contributed by atoms with E-state index in [2.05, 4.69) is 34.5 Å². The summed E-state index contributed by atoms with van der Waals surface area (Å²) in [5, 5.41) is 12.3. The molecule has 0 atom stereocenters. The second-order valence-corrected chi connectivity index (χ2v) is 4.95. The monoisotopic (exact) mass is 282 g/mol. The molecular weight excluding hydrogens is 264 g/mol. The smallest absolute Gasteiger partial charge is 0.169 e. The van der Waals surface area contributed by atoms with E-state index in [1.54, 1.807) is 6.20 Å². The van der Waals surface area contributed by atoms with Crippen LogP contribution in [0.5, 0.6) is 0 Å². The number of anilines is 1. The molecule has 21 heavy (non-hydrogen) atoms. The predicted octanol–water partition coefficient (Wildman–Crippen LogP) is 2.05. The highest BCUT2D eigenvalue weighted by Gasteiger charge is 2.09. The zero-order chi connectivity index (χ0) is 14.7. The average molecular weight is 282 g/mol. The summed E-state index contributed by atoms with van der Waals surface area (Å²) in [6, 6.07) is 10.1. The van der Waals surface area contributed by atoms with Crippen LogP contribution in [-0.2, 0) is 13.0 Å². The van der Waals surface area contributed by atoms with Gasteiger partial charge in [-0.1, -0.05) is 30.7 Å². The van der Waals surface area contributed by atoms with Crippen LogP contribution >= 0.6 is 0 Å². The van der Waals surface area contributed by atoms with Crippen molar-refractivity contribution in [2.45, 2.75) is 26.3 Å². The largest absolute Gasteiger partial charge is 0.381 e. The van der Waals surface area contributed by atoms with Crippen LogP contribution in [-0.4, -0.2) is 24.8 Å². The van der Waals surface area contributed by atoms with E-state index >= 15 is 0 Å². The van der Waals surface area contributed by atoms with Crippen LogP contribution in [0, 0.1) is 0 Å². The van der Waals surface area contributed by atoms with Crippen LogP contribution in [0.2, 0.25) is 0 Å². The predicted molar refractivity (Wildman–Crippen MR) is 81.1 cm³/mol. The second kappa shape index (κ2) is 5.78. The van der Waals surface area contributed by atoms with Crippen molar-refractivity contribution in [3.05, 3.63) is 54.0 Å². The van der Waals surface area contributed by atoms with Crippen LogP contribution < -0.4 is 5.73 Å². The normalized spacial score (nSPS) is 10.9. The van der Waals surface area contributed by atoms with Crippen molar-refractivity contribution in [2.24, 2.45) is 0 Å². The topological polar surface area (TPSA) is 74.5 Å². The first-order valence-corrected chi connectivity index (χ1v) is 7.04. The first-order valence-electron chi connectivity index (χ1n) is 7.04. The molecule has 6 heteroatoms. The van der Waals surface area contributed by atoms with Gasteiger partial charge in [-0.2, -0.15) is 5.10 Å². The number of hydrogen-bond acceptors (Lipinski definition) is 4. The lowest BCUT2D eigenvalue weighted by Crippen LogP contribution is -2.07. The van der Waals surface area contributed by atoms with E-state index in [0.717, 1.165) is 29.8 Å². The quantitative estimate of drug-likeness (QED) is 0.777. The highest BCUT2D eigenvalue weighted by atomic mass is 15.4. The Morgan fingerprint density at radius 1 is 1.19 bits per heavy atom. The highest BCUT2D eigenvalue weighted by molar-refractivity contribution is 5.36. The molecule has 2 aromatic heterocycles. The average Bonchev–Trinajstić information content (AvgIpc) is 3.14. The summed E-state index contributed by atoms with van der Waals surface area (Å²) >= 11 is 0. The number of hydrogen-bond donors (Lipinski definition) is 1. The highest BCUT2D eigenvalue weighted by Crippen LogP contribution is 2.14. The zero-order valence-corrected chi connectivity index (χ0v) is 12.0. The molecule has 3 rings (SSSR count). The summed E-state index contributed by atoms with van der Waals surface area (Å²) in [6.07, 6.45) is 5.61. The van der Waals surface area contributed by atoms with Gasteiger partial charge >= 0.3 is 0 Å². The summed E-state index contributed by atoms with van der Waals surface area (Å²) in [4.78, 5) is 0. The van der Waals surface area contributed by atoms with Crippen LogP contribution in [0.25, 0.3) is 5.69 Å². The van der Waals surface area contributed by atoms with Gasteiger partial charge in [-0.05, 0) is 30.2 Å². The molecule has 0 amide bonds. The summed E-state index contributed by atoms with van der Waals surface area (Å²) in [7, 11) is 0. The zero-order valence-electron chi connectivity index (χ0n) is 12.0. The van der Waals surface area contributed by atoms with Crippen molar-refractivity contribution >= 4 is 5.82 Å². The molecule has 2 N–H and O–H groups in total. The van der Waals surface area contributed by atoms with Gasteiger partial charge in [0.1, 0.15) is 0 Å². The Hall–Kier alpha value is -2.63. The van der Waals surface area contributed by atoms with E-state index in [1.165, 1.54) is 0 Å². The molecule has 3 aromatic rings. The maximum absolute atomic E-state index is 5.86. The van der Waals surface area contributed by atoms with E-state index in [1.807, 2.05) is 33.8 Å². The standard InChI is InChI=1S/C15H18N6/c1-2-4-14-15(16)18-19-21(14)11-12-5-7-13(8-6-12)20-10-3-9-17-20/h3,5-10H,2,4,11,16H2,1H3. The number of rotatable bonds is 5. The maximum atomic E-state index is 5.86. The summed E-state index contributed by atoms with van der Waals surface area (Å²) in [5.74, 6) is 0.532. The molecule has 0 radical (unpaired) electrons. The molecule has 0 saturated carbocycles. The van der Waals surface area contributed by atoms with Crippen molar-refractivity contribution in [3.63, 3.8) is 0 Å². The van der Waals surface area contributed by atoms with Crippen LogP contribution in [0.15, 0.2) is 42.7 Å². The number of aromatic nitrogens is 5. The third kappa shape index (κ3) is 2.79. The molecule has 2 heterocycles. The van der Waals surface area contributed by atoms with Crippen molar-refractivity contribution in [1.29, 1.82) is 0 Å². The maximum Gasteiger partial charge on any atom is 0.169 e. The van der Waals surface area contributed by atoms with Crippen molar-refractivity contribution < 1.29 is 0 Å². The fourth-order valence-corrected chi connectivity index (χ4v) is 2.32. The molecular formula is C15H18N6. The van der Waals surface area contributed by atoms with Gasteiger partial charge in [0.05, 0.1) is 17.9 Å². The Morgan fingerprint density at radius 3 is 2.67 bits per heavy atom. The molecule has 0 aliphatic heterocycles. The van der Waals surface area contributed by atoms with Gasteiger partial charge in [0, 0.05) is 12.4 Å². The Bertz CT molecular complexity index is 696. The molecule has 0 unspecified atom stereocenters. The number of nitrogens with zero attached hydrogens (tertiary/aromatic N) is 5. The first kappa shape index (κ1) is 13.4. The number of benzene rings is 1. The molecule has 1 aromatic carbocycles. The minimum Gasteiger partial charge on any atom is -0.381 e. The summed E-state index contributed by atoms with van der Waals surface area (Å²) < 4.78 is 3.71. The molecule has 0 aliphatic rings.